The predicted molar refractivity (Wildman–Crippen MR) is 217 cm³/mol. The number of benzene rings is 9. The fraction of sp³-hybridized carbons (Fsp3) is 0. The molecule has 0 atom stereocenters. The van der Waals surface area contributed by atoms with E-state index in [0.717, 1.165) is 53.3 Å². The SMILES string of the molecule is c1ccc2c(-c3c4ccccc4c(-c4ccc5oc6c(ccc7c8ccc9c%10ccccc%10oc9c8sc76)c5c4)c4ccccc34)cccc2c1. The monoisotopic (exact) mass is 666 g/mol. The molecule has 3 heterocycles. The van der Waals surface area contributed by atoms with Gasteiger partial charge >= 0.3 is 0 Å². The van der Waals surface area contributed by atoms with Gasteiger partial charge in [0.25, 0.3) is 0 Å². The molecule has 0 aliphatic carbocycles. The first-order chi connectivity index (χ1) is 25.3. The van der Waals surface area contributed by atoms with Crippen molar-refractivity contribution in [3.05, 3.63) is 158 Å². The highest BCUT2D eigenvalue weighted by Gasteiger charge is 2.21. The Morgan fingerprint density at radius 1 is 0.333 bits per heavy atom. The van der Waals surface area contributed by atoms with E-state index >= 15 is 0 Å². The fourth-order valence-electron chi connectivity index (χ4n) is 8.64. The van der Waals surface area contributed by atoms with Crippen molar-refractivity contribution in [1.29, 1.82) is 0 Å². The quantitative estimate of drug-likeness (QED) is 0.172. The fourth-order valence-corrected chi connectivity index (χ4v) is 9.91. The lowest BCUT2D eigenvalue weighted by atomic mass is 9.84. The predicted octanol–water partition coefficient (Wildman–Crippen LogP) is 14.6. The Balaban J connectivity index is 1.12. The highest BCUT2D eigenvalue weighted by Crippen LogP contribution is 2.48. The number of furan rings is 2. The van der Waals surface area contributed by atoms with Crippen molar-refractivity contribution in [2.24, 2.45) is 0 Å². The summed E-state index contributed by atoms with van der Waals surface area (Å²) in [6.45, 7) is 0. The lowest BCUT2D eigenvalue weighted by Gasteiger charge is -2.18. The number of rotatable bonds is 2. The topological polar surface area (TPSA) is 26.3 Å². The summed E-state index contributed by atoms with van der Waals surface area (Å²) in [6.07, 6.45) is 0. The largest absolute Gasteiger partial charge is 0.455 e. The highest BCUT2D eigenvalue weighted by atomic mass is 32.1. The van der Waals surface area contributed by atoms with Gasteiger partial charge in [-0.1, -0.05) is 127 Å². The van der Waals surface area contributed by atoms with Crippen LogP contribution in [-0.4, -0.2) is 0 Å². The summed E-state index contributed by atoms with van der Waals surface area (Å²) < 4.78 is 15.5. The molecule has 0 amide bonds. The average Bonchev–Trinajstić information content (AvgIpc) is 3.88. The zero-order valence-corrected chi connectivity index (χ0v) is 28.1. The van der Waals surface area contributed by atoms with Gasteiger partial charge in [-0.15, -0.1) is 11.3 Å². The number of fused-ring (bicyclic) bond motifs is 14. The molecular weight excluding hydrogens is 641 g/mol. The van der Waals surface area contributed by atoms with Crippen molar-refractivity contribution in [3.63, 3.8) is 0 Å². The molecule has 9 aromatic carbocycles. The van der Waals surface area contributed by atoms with Crippen LogP contribution in [-0.2, 0) is 0 Å². The third kappa shape index (κ3) is 3.71. The van der Waals surface area contributed by atoms with E-state index in [1.165, 1.54) is 65.3 Å². The molecule has 0 spiro atoms. The van der Waals surface area contributed by atoms with Gasteiger partial charge in [0.05, 0.1) is 9.40 Å². The normalized spacial score (nSPS) is 12.3. The van der Waals surface area contributed by atoms with Crippen molar-refractivity contribution < 1.29 is 8.83 Å². The first-order valence-corrected chi connectivity index (χ1v) is 18.2. The van der Waals surface area contributed by atoms with Crippen LogP contribution in [0.15, 0.2) is 167 Å². The summed E-state index contributed by atoms with van der Waals surface area (Å²) in [4.78, 5) is 0. The molecule has 51 heavy (non-hydrogen) atoms. The number of para-hydroxylation sites is 1. The molecule has 0 unspecified atom stereocenters. The van der Waals surface area contributed by atoms with E-state index in [0.29, 0.717) is 0 Å². The summed E-state index contributed by atoms with van der Waals surface area (Å²) in [5.41, 5.74) is 8.67. The van der Waals surface area contributed by atoms with Gasteiger partial charge in [-0.05, 0) is 84.9 Å². The maximum absolute atomic E-state index is 6.73. The zero-order chi connectivity index (χ0) is 33.2. The molecular formula is C48H26O2S. The van der Waals surface area contributed by atoms with Crippen LogP contribution in [0.3, 0.4) is 0 Å². The molecule has 0 saturated heterocycles. The summed E-state index contributed by atoms with van der Waals surface area (Å²) in [5.74, 6) is 0. The molecule has 12 aromatic rings. The lowest BCUT2D eigenvalue weighted by Crippen LogP contribution is -1.91. The van der Waals surface area contributed by atoms with Crippen LogP contribution in [0.25, 0.3) is 119 Å². The molecule has 0 fully saturated rings. The minimum Gasteiger partial charge on any atom is -0.455 e. The number of thiophene rings is 1. The molecule has 0 aliphatic rings. The van der Waals surface area contributed by atoms with Gasteiger partial charge in [0.1, 0.15) is 11.2 Å². The summed E-state index contributed by atoms with van der Waals surface area (Å²) in [7, 11) is 0. The van der Waals surface area contributed by atoms with Crippen LogP contribution in [0, 0.1) is 0 Å². The molecule has 0 bridgehead atoms. The maximum Gasteiger partial charge on any atom is 0.153 e. The van der Waals surface area contributed by atoms with Gasteiger partial charge in [-0.2, -0.15) is 0 Å². The second-order valence-corrected chi connectivity index (χ2v) is 14.5. The average molecular weight is 667 g/mol. The van der Waals surface area contributed by atoms with Crippen LogP contribution in [0.2, 0.25) is 0 Å². The van der Waals surface area contributed by atoms with Crippen molar-refractivity contribution in [3.8, 4) is 22.3 Å². The second-order valence-electron chi connectivity index (χ2n) is 13.5. The molecule has 0 saturated carbocycles. The van der Waals surface area contributed by atoms with E-state index in [9.17, 15) is 0 Å². The lowest BCUT2D eigenvalue weighted by molar-refractivity contribution is 0.673. The van der Waals surface area contributed by atoms with Gasteiger partial charge in [-0.3, -0.25) is 0 Å². The van der Waals surface area contributed by atoms with Crippen LogP contribution < -0.4 is 0 Å². The van der Waals surface area contributed by atoms with Crippen molar-refractivity contribution in [2.45, 2.75) is 0 Å². The summed E-state index contributed by atoms with van der Waals surface area (Å²) in [6, 6.07) is 57.1. The summed E-state index contributed by atoms with van der Waals surface area (Å²) in [5, 5.41) is 14.5. The van der Waals surface area contributed by atoms with E-state index in [1.807, 2.05) is 12.1 Å². The van der Waals surface area contributed by atoms with Gasteiger partial charge < -0.3 is 8.83 Å². The first kappa shape index (κ1) is 27.4. The molecule has 0 aliphatic heterocycles. The van der Waals surface area contributed by atoms with Gasteiger partial charge in [-0.25, -0.2) is 0 Å². The van der Waals surface area contributed by atoms with E-state index in [-0.39, 0.29) is 0 Å². The Kier molecular flexibility index (Phi) is 5.41. The molecule has 0 radical (unpaired) electrons. The molecule has 2 nitrogen and oxygen atoms in total. The summed E-state index contributed by atoms with van der Waals surface area (Å²) >= 11 is 1.77. The minimum atomic E-state index is 0.897. The third-order valence-electron chi connectivity index (χ3n) is 10.9. The van der Waals surface area contributed by atoms with Crippen LogP contribution in [0.4, 0.5) is 0 Å². The molecule has 3 heteroatoms. The first-order valence-electron chi connectivity index (χ1n) is 17.3. The Hall–Kier alpha value is -6.42. The molecule has 0 N–H and O–H groups in total. The van der Waals surface area contributed by atoms with E-state index in [1.54, 1.807) is 11.3 Å². The van der Waals surface area contributed by atoms with Gasteiger partial charge in [0, 0.05) is 32.3 Å². The van der Waals surface area contributed by atoms with E-state index in [4.69, 9.17) is 8.83 Å². The number of hydrogen-bond acceptors (Lipinski definition) is 3. The Bertz CT molecular complexity index is 3370. The van der Waals surface area contributed by atoms with Gasteiger partial charge in [0.2, 0.25) is 0 Å². The van der Waals surface area contributed by atoms with Crippen molar-refractivity contribution >= 4 is 108 Å². The Morgan fingerprint density at radius 3 is 1.53 bits per heavy atom. The smallest absolute Gasteiger partial charge is 0.153 e. The molecule has 236 valence electrons. The highest BCUT2D eigenvalue weighted by molar-refractivity contribution is 7.27. The van der Waals surface area contributed by atoms with Crippen molar-refractivity contribution in [2.75, 3.05) is 0 Å². The molecule has 3 aromatic heterocycles. The second kappa shape index (κ2) is 10.1. The maximum atomic E-state index is 6.73. The van der Waals surface area contributed by atoms with Gasteiger partial charge in [0.15, 0.2) is 11.2 Å². The standard InChI is InChI=1S/C48H26O2S/c1-2-12-29-27(10-1)11-9-18-31(29)44-34-16-5-3-14-32(34)43(33-15-4-6-17-35(33)44)28-20-25-42-40(26-28)37-22-24-39-38-23-21-36-30-13-7-8-19-41(30)49-45(36)47(38)51-48(39)46(37)50-42/h1-26H. The van der Waals surface area contributed by atoms with Crippen LogP contribution in [0.1, 0.15) is 0 Å². The Labute approximate surface area is 295 Å². The number of hydrogen-bond donors (Lipinski definition) is 0. The van der Waals surface area contributed by atoms with Crippen molar-refractivity contribution in [1.82, 2.24) is 0 Å². The van der Waals surface area contributed by atoms with E-state index < -0.39 is 0 Å². The third-order valence-corrected chi connectivity index (χ3v) is 12.1. The zero-order valence-electron chi connectivity index (χ0n) is 27.2. The Morgan fingerprint density at radius 2 is 0.843 bits per heavy atom. The minimum absolute atomic E-state index is 0.897. The van der Waals surface area contributed by atoms with E-state index in [2.05, 4.69) is 146 Å². The van der Waals surface area contributed by atoms with Crippen LogP contribution >= 0.6 is 11.3 Å². The van der Waals surface area contributed by atoms with Crippen LogP contribution in [0.5, 0.6) is 0 Å². The molecule has 12 rings (SSSR count).